The monoisotopic (exact) mass is 280 g/mol. The highest BCUT2D eigenvalue weighted by Crippen LogP contribution is 2.06. The summed E-state index contributed by atoms with van der Waals surface area (Å²) in [6.45, 7) is 4.66. The maximum Gasteiger partial charge on any atom is 0.307 e. The van der Waals surface area contributed by atoms with Crippen molar-refractivity contribution in [1.29, 1.82) is 0 Å². The molecule has 0 bridgehead atoms. The number of carbonyl (C=O) groups excluding carboxylic acids is 1. The fourth-order valence-electron chi connectivity index (χ4n) is 1.33. The Kier molecular flexibility index (Phi) is 8.13. The Morgan fingerprint density at radius 3 is 2.17 bits per heavy atom. The van der Waals surface area contributed by atoms with E-state index in [1.165, 1.54) is 15.7 Å². The zero-order chi connectivity index (χ0) is 14.2. The number of rotatable bonds is 9. The van der Waals surface area contributed by atoms with Crippen molar-refractivity contribution in [2.75, 3.05) is 33.8 Å². The molecular formula is C11H24N2O4S. The van der Waals surface area contributed by atoms with Gasteiger partial charge in [0.1, 0.15) is 0 Å². The topological polar surface area (TPSA) is 66.9 Å². The van der Waals surface area contributed by atoms with Gasteiger partial charge < -0.3 is 4.74 Å². The first-order valence-electron chi connectivity index (χ1n) is 6.19. The molecule has 0 saturated heterocycles. The minimum Gasteiger partial charge on any atom is -0.466 e. The fraction of sp³-hybridized carbons (Fsp3) is 0.909. The molecule has 18 heavy (non-hydrogen) atoms. The normalized spacial score (nSPS) is 12.1. The van der Waals surface area contributed by atoms with E-state index >= 15 is 0 Å². The summed E-state index contributed by atoms with van der Waals surface area (Å²) >= 11 is 0. The van der Waals surface area contributed by atoms with Gasteiger partial charge in [-0.15, -0.1) is 0 Å². The molecule has 0 heterocycles. The summed E-state index contributed by atoms with van der Waals surface area (Å²) in [5, 5.41) is 0. The number of unbranched alkanes of at least 4 members (excludes halogenated alkanes) is 1. The minimum absolute atomic E-state index is 0.0746. The van der Waals surface area contributed by atoms with Gasteiger partial charge in [0.05, 0.1) is 13.0 Å². The third-order valence-electron chi connectivity index (χ3n) is 2.55. The maximum atomic E-state index is 12.0. The van der Waals surface area contributed by atoms with Gasteiger partial charge in [0, 0.05) is 27.2 Å². The first kappa shape index (κ1) is 17.3. The van der Waals surface area contributed by atoms with Gasteiger partial charge >= 0.3 is 5.97 Å². The number of esters is 1. The fourth-order valence-corrected chi connectivity index (χ4v) is 2.49. The Hall–Kier alpha value is -0.660. The minimum atomic E-state index is -3.46. The Balaban J connectivity index is 4.29. The van der Waals surface area contributed by atoms with Crippen LogP contribution in [0.5, 0.6) is 0 Å². The second-order valence-corrected chi connectivity index (χ2v) is 6.20. The van der Waals surface area contributed by atoms with Crippen molar-refractivity contribution in [2.24, 2.45) is 0 Å². The number of hydrogen-bond donors (Lipinski definition) is 0. The van der Waals surface area contributed by atoms with Crippen LogP contribution in [0.15, 0.2) is 0 Å². The van der Waals surface area contributed by atoms with Crippen LogP contribution < -0.4 is 0 Å². The van der Waals surface area contributed by atoms with Gasteiger partial charge in [-0.05, 0) is 13.3 Å². The van der Waals surface area contributed by atoms with Crippen LogP contribution in [0.2, 0.25) is 0 Å². The van der Waals surface area contributed by atoms with E-state index < -0.39 is 10.2 Å². The summed E-state index contributed by atoms with van der Waals surface area (Å²) < 4.78 is 31.3. The lowest BCUT2D eigenvalue weighted by molar-refractivity contribution is -0.143. The summed E-state index contributed by atoms with van der Waals surface area (Å²) in [6.07, 6.45) is 1.83. The van der Waals surface area contributed by atoms with Crippen LogP contribution in [0.4, 0.5) is 0 Å². The molecule has 6 nitrogen and oxygen atoms in total. The van der Waals surface area contributed by atoms with E-state index in [0.717, 1.165) is 12.8 Å². The first-order valence-corrected chi connectivity index (χ1v) is 7.59. The number of ether oxygens (including phenoxy) is 1. The van der Waals surface area contributed by atoms with Crippen molar-refractivity contribution in [2.45, 2.75) is 33.1 Å². The SMILES string of the molecule is CCCCN(C)S(=O)(=O)N(C)CCC(=O)OCC. The van der Waals surface area contributed by atoms with Crippen LogP contribution >= 0.6 is 0 Å². The van der Waals surface area contributed by atoms with E-state index in [2.05, 4.69) is 0 Å². The third kappa shape index (κ3) is 5.79. The predicted octanol–water partition coefficient (Wildman–Crippen LogP) is 0.848. The molecule has 0 aliphatic carbocycles. The van der Waals surface area contributed by atoms with Gasteiger partial charge in [-0.3, -0.25) is 4.79 Å². The van der Waals surface area contributed by atoms with Crippen molar-refractivity contribution in [3.63, 3.8) is 0 Å². The largest absolute Gasteiger partial charge is 0.466 e. The highest BCUT2D eigenvalue weighted by molar-refractivity contribution is 7.86. The van der Waals surface area contributed by atoms with Gasteiger partial charge in [-0.25, -0.2) is 0 Å². The van der Waals surface area contributed by atoms with Crippen molar-refractivity contribution < 1.29 is 17.9 Å². The third-order valence-corrected chi connectivity index (χ3v) is 4.49. The van der Waals surface area contributed by atoms with Crippen molar-refractivity contribution in [1.82, 2.24) is 8.61 Å². The predicted molar refractivity (Wildman–Crippen MR) is 70.3 cm³/mol. The second-order valence-electron chi connectivity index (χ2n) is 4.06. The van der Waals surface area contributed by atoms with E-state index in [1.54, 1.807) is 14.0 Å². The van der Waals surface area contributed by atoms with Crippen LogP contribution in [0, 0.1) is 0 Å². The zero-order valence-corrected chi connectivity index (χ0v) is 12.5. The lowest BCUT2D eigenvalue weighted by Crippen LogP contribution is -2.41. The quantitative estimate of drug-likeness (QED) is 0.587. The van der Waals surface area contributed by atoms with E-state index in [-0.39, 0.29) is 18.9 Å². The van der Waals surface area contributed by atoms with Crippen LogP contribution in [0.25, 0.3) is 0 Å². The standard InChI is InChI=1S/C11H24N2O4S/c1-5-7-9-12(3)18(15,16)13(4)10-8-11(14)17-6-2/h5-10H2,1-4H3. The van der Waals surface area contributed by atoms with Gasteiger partial charge in [0.2, 0.25) is 0 Å². The van der Waals surface area contributed by atoms with Crippen LogP contribution in [0.3, 0.4) is 0 Å². The molecule has 0 rings (SSSR count). The molecular weight excluding hydrogens is 256 g/mol. The molecule has 0 aromatic heterocycles. The smallest absolute Gasteiger partial charge is 0.307 e. The average molecular weight is 280 g/mol. The van der Waals surface area contributed by atoms with E-state index in [0.29, 0.717) is 13.2 Å². The van der Waals surface area contributed by atoms with Crippen LogP contribution in [-0.2, 0) is 19.7 Å². The molecule has 7 heteroatoms. The zero-order valence-electron chi connectivity index (χ0n) is 11.7. The highest BCUT2D eigenvalue weighted by Gasteiger charge is 2.23. The Morgan fingerprint density at radius 1 is 1.11 bits per heavy atom. The lowest BCUT2D eigenvalue weighted by atomic mass is 10.3. The van der Waals surface area contributed by atoms with E-state index in [1.807, 2.05) is 6.92 Å². The molecule has 0 N–H and O–H groups in total. The highest BCUT2D eigenvalue weighted by atomic mass is 32.2. The van der Waals surface area contributed by atoms with Crippen LogP contribution in [0.1, 0.15) is 33.1 Å². The molecule has 0 aliphatic heterocycles. The summed E-state index contributed by atoms with van der Waals surface area (Å²) in [6, 6.07) is 0. The first-order chi connectivity index (χ1) is 8.36. The molecule has 0 aliphatic rings. The molecule has 0 fully saturated rings. The Bertz CT molecular complexity index is 343. The van der Waals surface area contributed by atoms with Gasteiger partial charge in [0.25, 0.3) is 10.2 Å². The van der Waals surface area contributed by atoms with Crippen molar-refractivity contribution >= 4 is 16.2 Å². The van der Waals surface area contributed by atoms with Gasteiger partial charge in [-0.2, -0.15) is 17.0 Å². The lowest BCUT2D eigenvalue weighted by Gasteiger charge is -2.23. The summed E-state index contributed by atoms with van der Waals surface area (Å²) in [4.78, 5) is 11.2. The van der Waals surface area contributed by atoms with Crippen LogP contribution in [-0.4, -0.2) is 56.8 Å². The van der Waals surface area contributed by atoms with Crippen molar-refractivity contribution in [3.05, 3.63) is 0 Å². The summed E-state index contributed by atoms with van der Waals surface area (Å²) in [7, 11) is -0.446. The second kappa shape index (κ2) is 8.44. The molecule has 0 aromatic carbocycles. The van der Waals surface area contributed by atoms with Gasteiger partial charge in [0.15, 0.2) is 0 Å². The number of hydrogen-bond acceptors (Lipinski definition) is 4. The molecule has 0 saturated carbocycles. The Labute approximate surface area is 110 Å². The summed E-state index contributed by atoms with van der Waals surface area (Å²) in [5.41, 5.74) is 0. The molecule has 0 aromatic rings. The van der Waals surface area contributed by atoms with Gasteiger partial charge in [-0.1, -0.05) is 13.3 Å². The molecule has 0 atom stereocenters. The molecule has 0 spiro atoms. The molecule has 0 unspecified atom stereocenters. The van der Waals surface area contributed by atoms with Crippen molar-refractivity contribution in [3.8, 4) is 0 Å². The number of nitrogens with zero attached hydrogens (tertiary/aromatic N) is 2. The average Bonchev–Trinajstić information content (AvgIpc) is 2.33. The Morgan fingerprint density at radius 2 is 1.67 bits per heavy atom. The molecule has 0 radical (unpaired) electrons. The van der Waals surface area contributed by atoms with E-state index in [4.69, 9.17) is 4.74 Å². The molecule has 0 amide bonds. The van der Waals surface area contributed by atoms with E-state index in [9.17, 15) is 13.2 Å². The summed E-state index contributed by atoms with van der Waals surface area (Å²) in [5.74, 6) is -0.379. The molecule has 108 valence electrons. The maximum absolute atomic E-state index is 12.0. The number of carbonyl (C=O) groups is 1.